The molecule has 3 aromatic carbocycles. The van der Waals surface area contributed by atoms with E-state index in [1.54, 1.807) is 6.07 Å². The number of para-hydroxylation sites is 1. The fraction of sp³-hybridized carbons (Fsp3) is 0.115. The highest BCUT2D eigenvalue weighted by Gasteiger charge is 2.21. The van der Waals surface area contributed by atoms with Crippen molar-refractivity contribution in [3.63, 3.8) is 0 Å². The van der Waals surface area contributed by atoms with Gasteiger partial charge < -0.3 is 5.32 Å². The summed E-state index contributed by atoms with van der Waals surface area (Å²) in [6.45, 7) is 3.83. The Hall–Kier alpha value is -3.97. The molecule has 0 radical (unpaired) electrons. The third kappa shape index (κ3) is 3.54. The van der Waals surface area contributed by atoms with Gasteiger partial charge in [0.25, 0.3) is 5.91 Å². The number of carbonyl (C=O) groups excluding carboxylic acids is 1. The highest BCUT2D eigenvalue weighted by Crippen LogP contribution is 2.30. The number of benzene rings is 3. The number of fused-ring (bicyclic) bond motifs is 1. The minimum absolute atomic E-state index is 0.177. The highest BCUT2D eigenvalue weighted by atomic mass is 16.1. The van der Waals surface area contributed by atoms with Crippen molar-refractivity contribution in [2.45, 2.75) is 19.9 Å². The lowest BCUT2D eigenvalue weighted by Gasteiger charge is -2.19. The van der Waals surface area contributed by atoms with Gasteiger partial charge in [0.05, 0.1) is 34.4 Å². The van der Waals surface area contributed by atoms with Crippen LogP contribution in [0.15, 0.2) is 78.9 Å². The van der Waals surface area contributed by atoms with E-state index in [1.165, 1.54) is 0 Å². The van der Waals surface area contributed by atoms with Gasteiger partial charge in [-0.15, -0.1) is 0 Å². The second kappa shape index (κ2) is 8.18. The van der Waals surface area contributed by atoms with Crippen LogP contribution in [-0.2, 0) is 0 Å². The van der Waals surface area contributed by atoms with Gasteiger partial charge in [0.2, 0.25) is 0 Å². The topological polar surface area (TPSA) is 65.8 Å². The quantitative estimate of drug-likeness (QED) is 0.494. The summed E-state index contributed by atoms with van der Waals surface area (Å²) >= 11 is 0. The number of nitrogens with zero attached hydrogens (tertiary/aromatic N) is 2. The van der Waals surface area contributed by atoms with Gasteiger partial charge in [-0.1, -0.05) is 66.7 Å². The average Bonchev–Trinajstić information content (AvgIpc) is 2.79. The molecule has 0 spiro atoms. The summed E-state index contributed by atoms with van der Waals surface area (Å²) < 4.78 is 0. The van der Waals surface area contributed by atoms with Crippen LogP contribution in [0.3, 0.4) is 0 Å². The summed E-state index contributed by atoms with van der Waals surface area (Å²) in [7, 11) is 0. The van der Waals surface area contributed by atoms with Gasteiger partial charge in [-0.3, -0.25) is 4.79 Å². The zero-order chi connectivity index (χ0) is 21.1. The van der Waals surface area contributed by atoms with Crippen molar-refractivity contribution in [2.75, 3.05) is 0 Å². The number of aromatic nitrogens is 1. The Morgan fingerprint density at radius 1 is 0.967 bits per heavy atom. The minimum atomic E-state index is -0.306. The van der Waals surface area contributed by atoms with Crippen molar-refractivity contribution in [1.82, 2.24) is 10.3 Å². The standard InChI is InChI=1S/C26H21N3O/c1-17-24(26(30)28-18(2)21-13-7-6-12-20(21)16-27)22-14-8-9-15-23(22)29-25(17)19-10-4-3-5-11-19/h3-15,18H,1-2H3,(H,28,30)/t18-/m0/s1. The van der Waals surface area contributed by atoms with Crippen LogP contribution in [0.4, 0.5) is 0 Å². The molecule has 30 heavy (non-hydrogen) atoms. The Bertz CT molecular complexity index is 1270. The Morgan fingerprint density at radius 2 is 1.63 bits per heavy atom. The third-order valence-electron chi connectivity index (χ3n) is 5.31. The lowest BCUT2D eigenvalue weighted by molar-refractivity contribution is 0.0941. The Balaban J connectivity index is 1.81. The summed E-state index contributed by atoms with van der Waals surface area (Å²) in [6, 6.07) is 26.8. The molecule has 1 N–H and O–H groups in total. The number of nitrogens with one attached hydrogen (secondary N) is 1. The molecule has 146 valence electrons. The average molecular weight is 391 g/mol. The second-order valence-electron chi connectivity index (χ2n) is 7.24. The first kappa shape index (κ1) is 19.4. The van der Waals surface area contributed by atoms with Gasteiger partial charge >= 0.3 is 0 Å². The summed E-state index contributed by atoms with van der Waals surface area (Å²) in [5.41, 5.74) is 5.34. The second-order valence-corrected chi connectivity index (χ2v) is 7.24. The monoisotopic (exact) mass is 391 g/mol. The molecule has 0 unspecified atom stereocenters. The van der Waals surface area contributed by atoms with E-state index in [0.29, 0.717) is 11.1 Å². The van der Waals surface area contributed by atoms with E-state index in [9.17, 15) is 10.1 Å². The maximum atomic E-state index is 13.4. The molecule has 0 aliphatic heterocycles. The van der Waals surface area contributed by atoms with E-state index in [0.717, 1.165) is 33.3 Å². The van der Waals surface area contributed by atoms with Crippen LogP contribution in [0, 0.1) is 18.3 Å². The first-order chi connectivity index (χ1) is 14.6. The van der Waals surface area contributed by atoms with E-state index in [-0.39, 0.29) is 11.9 Å². The van der Waals surface area contributed by atoms with Crippen LogP contribution < -0.4 is 5.32 Å². The molecule has 0 fully saturated rings. The van der Waals surface area contributed by atoms with Crippen molar-refractivity contribution < 1.29 is 4.79 Å². The minimum Gasteiger partial charge on any atom is -0.345 e. The zero-order valence-electron chi connectivity index (χ0n) is 16.9. The van der Waals surface area contributed by atoms with Crippen LogP contribution in [0.1, 0.15) is 40.0 Å². The van der Waals surface area contributed by atoms with Gasteiger partial charge in [0.1, 0.15) is 0 Å². The number of rotatable bonds is 4. The van der Waals surface area contributed by atoms with E-state index in [2.05, 4.69) is 11.4 Å². The summed E-state index contributed by atoms with van der Waals surface area (Å²) in [5, 5.41) is 13.3. The van der Waals surface area contributed by atoms with Crippen molar-refractivity contribution in [2.24, 2.45) is 0 Å². The van der Waals surface area contributed by atoms with Crippen LogP contribution in [0.5, 0.6) is 0 Å². The summed E-state index contributed by atoms with van der Waals surface area (Å²) in [4.78, 5) is 18.3. The van der Waals surface area contributed by atoms with Gasteiger partial charge in [-0.05, 0) is 37.1 Å². The molecule has 1 amide bonds. The normalized spacial score (nSPS) is 11.6. The van der Waals surface area contributed by atoms with E-state index in [1.807, 2.05) is 86.6 Å². The van der Waals surface area contributed by atoms with Crippen LogP contribution in [-0.4, -0.2) is 10.9 Å². The van der Waals surface area contributed by atoms with E-state index >= 15 is 0 Å². The molecule has 1 atom stereocenters. The largest absolute Gasteiger partial charge is 0.345 e. The summed E-state index contributed by atoms with van der Waals surface area (Å²) in [6.07, 6.45) is 0. The number of hydrogen-bond acceptors (Lipinski definition) is 3. The molecule has 1 aromatic heterocycles. The fourth-order valence-electron chi connectivity index (χ4n) is 3.80. The van der Waals surface area contributed by atoms with E-state index < -0.39 is 0 Å². The molecule has 1 heterocycles. The maximum Gasteiger partial charge on any atom is 0.252 e. The molecule has 0 saturated heterocycles. The van der Waals surface area contributed by atoms with Crippen LogP contribution in [0.25, 0.3) is 22.2 Å². The number of amides is 1. The Morgan fingerprint density at radius 3 is 2.40 bits per heavy atom. The molecule has 4 nitrogen and oxygen atoms in total. The maximum absolute atomic E-state index is 13.4. The molecular weight excluding hydrogens is 370 g/mol. The SMILES string of the molecule is Cc1c(-c2ccccc2)nc2ccccc2c1C(=O)N[C@@H](C)c1ccccc1C#N. The van der Waals surface area contributed by atoms with Crippen molar-refractivity contribution >= 4 is 16.8 Å². The smallest absolute Gasteiger partial charge is 0.252 e. The van der Waals surface area contributed by atoms with Gasteiger partial charge in [-0.2, -0.15) is 5.26 Å². The molecule has 4 heteroatoms. The fourth-order valence-corrected chi connectivity index (χ4v) is 3.80. The number of carbonyl (C=O) groups is 1. The lowest BCUT2D eigenvalue weighted by Crippen LogP contribution is -2.28. The Kier molecular flexibility index (Phi) is 5.28. The molecule has 0 aliphatic carbocycles. The van der Waals surface area contributed by atoms with Crippen molar-refractivity contribution in [3.8, 4) is 17.3 Å². The predicted octanol–water partition coefficient (Wildman–Crippen LogP) is 5.57. The molecule has 4 aromatic rings. The zero-order valence-corrected chi connectivity index (χ0v) is 16.9. The first-order valence-corrected chi connectivity index (χ1v) is 9.85. The molecular formula is C26H21N3O. The Labute approximate surface area is 175 Å². The van der Waals surface area contributed by atoms with Crippen molar-refractivity contribution in [3.05, 3.63) is 101 Å². The lowest BCUT2D eigenvalue weighted by atomic mass is 9.96. The van der Waals surface area contributed by atoms with Crippen LogP contribution in [0.2, 0.25) is 0 Å². The van der Waals surface area contributed by atoms with Crippen LogP contribution >= 0.6 is 0 Å². The predicted molar refractivity (Wildman–Crippen MR) is 119 cm³/mol. The van der Waals surface area contributed by atoms with Gasteiger partial charge in [0, 0.05) is 10.9 Å². The molecule has 0 saturated carbocycles. The number of pyridine rings is 1. The summed E-state index contributed by atoms with van der Waals surface area (Å²) in [5.74, 6) is -0.177. The van der Waals surface area contributed by atoms with Gasteiger partial charge in [0.15, 0.2) is 0 Å². The third-order valence-corrected chi connectivity index (χ3v) is 5.31. The molecule has 0 aliphatic rings. The molecule has 0 bridgehead atoms. The van der Waals surface area contributed by atoms with E-state index in [4.69, 9.17) is 4.98 Å². The van der Waals surface area contributed by atoms with Crippen molar-refractivity contribution in [1.29, 1.82) is 5.26 Å². The number of hydrogen-bond donors (Lipinski definition) is 1. The first-order valence-electron chi connectivity index (χ1n) is 9.85. The molecule has 4 rings (SSSR count). The van der Waals surface area contributed by atoms with Gasteiger partial charge in [-0.25, -0.2) is 4.98 Å². The highest BCUT2D eigenvalue weighted by molar-refractivity contribution is 6.09. The number of nitriles is 1.